The van der Waals surface area contributed by atoms with Crippen molar-refractivity contribution >= 4 is 0 Å². The van der Waals surface area contributed by atoms with Gasteiger partial charge >= 0.3 is 0 Å². The van der Waals surface area contributed by atoms with Crippen LogP contribution >= 0.6 is 0 Å². The zero-order valence-electron chi connectivity index (χ0n) is 11.8. The summed E-state index contributed by atoms with van der Waals surface area (Å²) in [6.45, 7) is 14.1. The van der Waals surface area contributed by atoms with Gasteiger partial charge in [0.05, 0.1) is 0 Å². The van der Waals surface area contributed by atoms with Crippen molar-refractivity contribution in [3.8, 4) is 0 Å². The van der Waals surface area contributed by atoms with Gasteiger partial charge in [-0.1, -0.05) is 13.8 Å². The molecule has 2 atom stereocenters. The van der Waals surface area contributed by atoms with Crippen molar-refractivity contribution in [1.82, 2.24) is 10.2 Å². The molecule has 0 aromatic carbocycles. The molecule has 2 nitrogen and oxygen atoms in total. The van der Waals surface area contributed by atoms with Crippen molar-refractivity contribution in [2.75, 3.05) is 13.1 Å². The highest BCUT2D eigenvalue weighted by molar-refractivity contribution is 4.84. The largest absolute Gasteiger partial charge is 0.310 e. The monoisotopic (exact) mass is 226 g/mol. The average molecular weight is 226 g/mol. The molecule has 0 saturated carbocycles. The third-order valence-electron chi connectivity index (χ3n) is 3.65. The van der Waals surface area contributed by atoms with Gasteiger partial charge in [-0.15, -0.1) is 0 Å². The Morgan fingerprint density at radius 3 is 2.31 bits per heavy atom. The normalized spacial score (nSPS) is 24.6. The Kier molecular flexibility index (Phi) is 5.77. The molecule has 0 aromatic rings. The molecule has 0 radical (unpaired) electrons. The molecular formula is C14H30N2. The van der Waals surface area contributed by atoms with Crippen LogP contribution in [0.1, 0.15) is 53.9 Å². The standard InChI is InChI=1S/C14H30N2/c1-11(2)6-7-13(5)15-14-8-9-16(10-14)12(3)4/h11-15H,6-10H2,1-5H3. The number of likely N-dealkylation sites (tertiary alicyclic amines) is 1. The van der Waals surface area contributed by atoms with E-state index in [1.807, 2.05) is 0 Å². The number of hydrogen-bond acceptors (Lipinski definition) is 2. The van der Waals surface area contributed by atoms with Crippen molar-refractivity contribution in [2.45, 2.75) is 72.0 Å². The Labute approximate surface area is 102 Å². The van der Waals surface area contributed by atoms with Gasteiger partial charge in [-0.25, -0.2) is 0 Å². The smallest absolute Gasteiger partial charge is 0.0209 e. The first-order valence-corrected chi connectivity index (χ1v) is 6.99. The Morgan fingerprint density at radius 2 is 1.81 bits per heavy atom. The molecule has 1 fully saturated rings. The zero-order chi connectivity index (χ0) is 12.1. The van der Waals surface area contributed by atoms with E-state index in [2.05, 4.69) is 44.8 Å². The minimum Gasteiger partial charge on any atom is -0.310 e. The van der Waals surface area contributed by atoms with Crippen LogP contribution in [0.5, 0.6) is 0 Å². The van der Waals surface area contributed by atoms with Crippen LogP contribution < -0.4 is 5.32 Å². The molecule has 0 amide bonds. The van der Waals surface area contributed by atoms with Crippen LogP contribution in [0.4, 0.5) is 0 Å². The number of rotatable bonds is 6. The van der Waals surface area contributed by atoms with Crippen LogP contribution in [-0.2, 0) is 0 Å². The van der Waals surface area contributed by atoms with Crippen LogP contribution in [0.2, 0.25) is 0 Å². The first kappa shape index (κ1) is 14.0. The molecule has 96 valence electrons. The molecule has 1 heterocycles. The summed E-state index contributed by atoms with van der Waals surface area (Å²) in [6.07, 6.45) is 3.98. The number of hydrogen-bond donors (Lipinski definition) is 1. The lowest BCUT2D eigenvalue weighted by molar-refractivity contribution is 0.264. The van der Waals surface area contributed by atoms with Gasteiger partial charge in [0.2, 0.25) is 0 Å². The molecule has 0 spiro atoms. The number of nitrogens with one attached hydrogen (secondary N) is 1. The molecule has 1 saturated heterocycles. The fourth-order valence-corrected chi connectivity index (χ4v) is 2.46. The third-order valence-corrected chi connectivity index (χ3v) is 3.65. The summed E-state index contributed by atoms with van der Waals surface area (Å²) >= 11 is 0. The first-order chi connectivity index (χ1) is 7.49. The van der Waals surface area contributed by atoms with Crippen LogP contribution in [0.3, 0.4) is 0 Å². The summed E-state index contributed by atoms with van der Waals surface area (Å²) in [5, 5.41) is 3.78. The maximum atomic E-state index is 3.78. The molecule has 1 aliphatic heterocycles. The van der Waals surface area contributed by atoms with E-state index in [0.29, 0.717) is 12.1 Å². The minimum absolute atomic E-state index is 0.680. The third kappa shape index (κ3) is 4.84. The first-order valence-electron chi connectivity index (χ1n) is 6.99. The van der Waals surface area contributed by atoms with Crippen molar-refractivity contribution in [1.29, 1.82) is 0 Å². The Bertz CT molecular complexity index is 189. The van der Waals surface area contributed by atoms with Gasteiger partial charge in [0.15, 0.2) is 0 Å². The second-order valence-electron chi connectivity index (χ2n) is 6.11. The van der Waals surface area contributed by atoms with Crippen molar-refractivity contribution < 1.29 is 0 Å². The second kappa shape index (κ2) is 6.61. The fourth-order valence-electron chi connectivity index (χ4n) is 2.46. The van der Waals surface area contributed by atoms with Gasteiger partial charge in [0.25, 0.3) is 0 Å². The summed E-state index contributed by atoms with van der Waals surface area (Å²) in [6, 6.07) is 2.11. The molecule has 2 unspecified atom stereocenters. The highest BCUT2D eigenvalue weighted by Gasteiger charge is 2.24. The fraction of sp³-hybridized carbons (Fsp3) is 1.00. The zero-order valence-corrected chi connectivity index (χ0v) is 11.8. The van der Waals surface area contributed by atoms with E-state index in [4.69, 9.17) is 0 Å². The van der Waals surface area contributed by atoms with E-state index in [1.165, 1.54) is 32.4 Å². The van der Waals surface area contributed by atoms with Gasteiger partial charge in [-0.05, 0) is 52.5 Å². The van der Waals surface area contributed by atoms with Crippen molar-refractivity contribution in [3.63, 3.8) is 0 Å². The van der Waals surface area contributed by atoms with E-state index >= 15 is 0 Å². The summed E-state index contributed by atoms with van der Waals surface area (Å²) < 4.78 is 0. The Morgan fingerprint density at radius 1 is 1.12 bits per heavy atom. The van der Waals surface area contributed by atoms with Gasteiger partial charge < -0.3 is 5.32 Å². The summed E-state index contributed by atoms with van der Waals surface area (Å²) in [5.74, 6) is 0.833. The minimum atomic E-state index is 0.680. The van der Waals surface area contributed by atoms with Crippen LogP contribution in [0.25, 0.3) is 0 Å². The molecule has 1 N–H and O–H groups in total. The Balaban J connectivity index is 2.18. The molecule has 0 bridgehead atoms. The topological polar surface area (TPSA) is 15.3 Å². The summed E-state index contributed by atoms with van der Waals surface area (Å²) in [7, 11) is 0. The van der Waals surface area contributed by atoms with Gasteiger partial charge in [-0.3, -0.25) is 4.90 Å². The SMILES string of the molecule is CC(C)CCC(C)NC1CCN(C(C)C)C1. The van der Waals surface area contributed by atoms with Gasteiger partial charge in [0.1, 0.15) is 0 Å². The van der Waals surface area contributed by atoms with E-state index in [0.717, 1.165) is 12.0 Å². The van der Waals surface area contributed by atoms with E-state index in [1.54, 1.807) is 0 Å². The van der Waals surface area contributed by atoms with Crippen LogP contribution in [-0.4, -0.2) is 36.1 Å². The molecule has 1 aliphatic rings. The second-order valence-corrected chi connectivity index (χ2v) is 6.11. The summed E-state index contributed by atoms with van der Waals surface area (Å²) in [4.78, 5) is 2.58. The number of nitrogens with zero attached hydrogens (tertiary/aromatic N) is 1. The Hall–Kier alpha value is -0.0800. The quantitative estimate of drug-likeness (QED) is 0.749. The van der Waals surface area contributed by atoms with Crippen molar-refractivity contribution in [2.24, 2.45) is 5.92 Å². The van der Waals surface area contributed by atoms with E-state index in [9.17, 15) is 0 Å². The molecule has 0 aliphatic carbocycles. The lowest BCUT2D eigenvalue weighted by Gasteiger charge is -2.23. The summed E-state index contributed by atoms with van der Waals surface area (Å²) in [5.41, 5.74) is 0. The van der Waals surface area contributed by atoms with Crippen LogP contribution in [0.15, 0.2) is 0 Å². The van der Waals surface area contributed by atoms with Gasteiger partial charge in [0, 0.05) is 24.7 Å². The van der Waals surface area contributed by atoms with Gasteiger partial charge in [-0.2, -0.15) is 0 Å². The van der Waals surface area contributed by atoms with E-state index < -0.39 is 0 Å². The highest BCUT2D eigenvalue weighted by atomic mass is 15.2. The lowest BCUT2D eigenvalue weighted by Crippen LogP contribution is -2.39. The maximum absolute atomic E-state index is 3.78. The molecule has 16 heavy (non-hydrogen) atoms. The van der Waals surface area contributed by atoms with Crippen LogP contribution in [0, 0.1) is 5.92 Å². The maximum Gasteiger partial charge on any atom is 0.0209 e. The molecular weight excluding hydrogens is 196 g/mol. The molecule has 0 aromatic heterocycles. The van der Waals surface area contributed by atoms with E-state index in [-0.39, 0.29) is 0 Å². The highest BCUT2D eigenvalue weighted by Crippen LogP contribution is 2.14. The predicted octanol–water partition coefficient (Wildman–Crippen LogP) is 2.88. The average Bonchev–Trinajstić information content (AvgIpc) is 2.63. The predicted molar refractivity (Wildman–Crippen MR) is 71.8 cm³/mol. The molecule has 1 rings (SSSR count). The lowest BCUT2D eigenvalue weighted by atomic mass is 10.0. The molecule has 2 heteroatoms. The van der Waals surface area contributed by atoms with Crippen molar-refractivity contribution in [3.05, 3.63) is 0 Å².